The first kappa shape index (κ1) is 14.1. The van der Waals surface area contributed by atoms with Crippen molar-refractivity contribution in [3.05, 3.63) is 29.8 Å². The minimum absolute atomic E-state index is 0.0128. The lowest BCUT2D eigenvalue weighted by Crippen LogP contribution is -2.62. The highest BCUT2D eigenvalue weighted by atomic mass is 32.2. The molecule has 21 heavy (non-hydrogen) atoms. The smallest absolute Gasteiger partial charge is 0.270 e. The SMILES string of the molecule is CCC1(N2C(=O)c3ccccc3S2(=O)=O)CCCNC1=O. The molecule has 1 N–H and O–H groups in total. The second kappa shape index (κ2) is 4.56. The normalized spacial score (nSPS) is 27.4. The van der Waals surface area contributed by atoms with Gasteiger partial charge in [0.2, 0.25) is 5.91 Å². The monoisotopic (exact) mass is 308 g/mol. The Labute approximate surface area is 123 Å². The Morgan fingerprint density at radius 3 is 2.62 bits per heavy atom. The Hall–Kier alpha value is -1.89. The highest BCUT2D eigenvalue weighted by Crippen LogP contribution is 2.40. The molecule has 7 heteroatoms. The van der Waals surface area contributed by atoms with Crippen LogP contribution in [-0.4, -0.2) is 36.6 Å². The third-order valence-corrected chi connectivity index (χ3v) is 6.18. The summed E-state index contributed by atoms with van der Waals surface area (Å²) in [5, 5.41) is 2.69. The van der Waals surface area contributed by atoms with E-state index in [4.69, 9.17) is 0 Å². The highest BCUT2D eigenvalue weighted by molar-refractivity contribution is 7.90. The van der Waals surface area contributed by atoms with Crippen LogP contribution in [-0.2, 0) is 14.8 Å². The van der Waals surface area contributed by atoms with Crippen molar-refractivity contribution >= 4 is 21.8 Å². The van der Waals surface area contributed by atoms with Gasteiger partial charge in [0.05, 0.1) is 5.56 Å². The van der Waals surface area contributed by atoms with E-state index in [2.05, 4.69) is 5.32 Å². The van der Waals surface area contributed by atoms with E-state index in [0.29, 0.717) is 19.4 Å². The van der Waals surface area contributed by atoms with E-state index in [-0.39, 0.29) is 22.8 Å². The summed E-state index contributed by atoms with van der Waals surface area (Å²) in [6.07, 6.45) is 1.27. The zero-order valence-corrected chi connectivity index (χ0v) is 12.4. The summed E-state index contributed by atoms with van der Waals surface area (Å²) >= 11 is 0. The van der Waals surface area contributed by atoms with Gasteiger partial charge >= 0.3 is 0 Å². The maximum Gasteiger partial charge on any atom is 0.270 e. The first-order valence-electron chi connectivity index (χ1n) is 6.92. The number of carbonyl (C=O) groups excluding carboxylic acids is 2. The van der Waals surface area contributed by atoms with Crippen LogP contribution >= 0.6 is 0 Å². The minimum atomic E-state index is -3.98. The van der Waals surface area contributed by atoms with E-state index in [0.717, 1.165) is 4.31 Å². The highest BCUT2D eigenvalue weighted by Gasteiger charge is 2.56. The Morgan fingerprint density at radius 1 is 1.29 bits per heavy atom. The summed E-state index contributed by atoms with van der Waals surface area (Å²) in [4.78, 5) is 24.9. The Bertz CT molecular complexity index is 728. The van der Waals surface area contributed by atoms with Gasteiger partial charge in [0.15, 0.2) is 0 Å². The molecule has 112 valence electrons. The zero-order chi connectivity index (χ0) is 15.3. The average molecular weight is 308 g/mol. The molecular weight excluding hydrogens is 292 g/mol. The van der Waals surface area contributed by atoms with Crippen LogP contribution in [0.1, 0.15) is 36.5 Å². The number of benzene rings is 1. The van der Waals surface area contributed by atoms with E-state index in [1.165, 1.54) is 12.1 Å². The van der Waals surface area contributed by atoms with Gasteiger partial charge in [0, 0.05) is 6.54 Å². The maximum atomic E-state index is 12.7. The second-order valence-corrected chi connectivity index (χ2v) is 7.07. The number of piperidine rings is 1. The van der Waals surface area contributed by atoms with Gasteiger partial charge in [-0.25, -0.2) is 12.7 Å². The molecule has 0 aromatic heterocycles. The van der Waals surface area contributed by atoms with E-state index in [9.17, 15) is 18.0 Å². The largest absolute Gasteiger partial charge is 0.354 e. The van der Waals surface area contributed by atoms with E-state index < -0.39 is 21.5 Å². The van der Waals surface area contributed by atoms with Crippen molar-refractivity contribution in [2.24, 2.45) is 0 Å². The standard InChI is InChI=1S/C14H16N2O4S/c1-2-14(8-5-9-15-13(14)18)16-12(17)10-6-3-4-7-11(10)21(16,19)20/h3-4,6-7H,2,5,8-9H2,1H3,(H,15,18). The summed E-state index contributed by atoms with van der Waals surface area (Å²) in [6, 6.07) is 6.09. The number of rotatable bonds is 2. The summed E-state index contributed by atoms with van der Waals surface area (Å²) in [5.41, 5.74) is -1.17. The number of amides is 2. The fraction of sp³-hybridized carbons (Fsp3) is 0.429. The number of hydrogen-bond acceptors (Lipinski definition) is 4. The molecule has 0 bridgehead atoms. The molecule has 1 saturated heterocycles. The molecule has 6 nitrogen and oxygen atoms in total. The number of nitrogens with one attached hydrogen (secondary N) is 1. The number of fused-ring (bicyclic) bond motifs is 1. The van der Waals surface area contributed by atoms with Crippen LogP contribution in [0.3, 0.4) is 0 Å². The lowest BCUT2D eigenvalue weighted by molar-refractivity contribution is -0.132. The number of sulfonamides is 1. The lowest BCUT2D eigenvalue weighted by atomic mass is 9.86. The molecule has 2 aliphatic rings. The van der Waals surface area contributed by atoms with Crippen LogP contribution < -0.4 is 5.32 Å². The molecule has 1 aromatic carbocycles. The van der Waals surface area contributed by atoms with Crippen LogP contribution in [0.15, 0.2) is 29.2 Å². The van der Waals surface area contributed by atoms with Crippen LogP contribution in [0.4, 0.5) is 0 Å². The molecule has 2 amide bonds. The molecule has 1 aromatic rings. The van der Waals surface area contributed by atoms with Crippen molar-refractivity contribution in [3.8, 4) is 0 Å². The van der Waals surface area contributed by atoms with Gasteiger partial charge < -0.3 is 5.32 Å². The minimum Gasteiger partial charge on any atom is -0.354 e. The van der Waals surface area contributed by atoms with Gasteiger partial charge in [-0.15, -0.1) is 0 Å². The molecule has 1 unspecified atom stereocenters. The van der Waals surface area contributed by atoms with Crippen molar-refractivity contribution in [2.45, 2.75) is 36.6 Å². The fourth-order valence-corrected chi connectivity index (χ4v) is 5.11. The molecule has 0 aliphatic carbocycles. The van der Waals surface area contributed by atoms with E-state index in [1.54, 1.807) is 19.1 Å². The average Bonchev–Trinajstić information content (AvgIpc) is 2.69. The summed E-state index contributed by atoms with van der Waals surface area (Å²) in [7, 11) is -3.98. The molecule has 0 radical (unpaired) electrons. The number of hydrogen-bond donors (Lipinski definition) is 1. The van der Waals surface area contributed by atoms with Gasteiger partial charge in [-0.3, -0.25) is 9.59 Å². The van der Waals surface area contributed by atoms with Crippen LogP contribution in [0.2, 0.25) is 0 Å². The zero-order valence-electron chi connectivity index (χ0n) is 11.6. The summed E-state index contributed by atoms with van der Waals surface area (Å²) < 4.78 is 26.3. The topological polar surface area (TPSA) is 83.6 Å². The maximum absolute atomic E-state index is 12.7. The third-order valence-electron chi connectivity index (χ3n) is 4.27. The molecule has 1 atom stereocenters. The van der Waals surface area contributed by atoms with E-state index in [1.807, 2.05) is 0 Å². The van der Waals surface area contributed by atoms with Crippen molar-refractivity contribution in [1.82, 2.24) is 9.62 Å². The van der Waals surface area contributed by atoms with Gasteiger partial charge in [-0.1, -0.05) is 19.1 Å². The quantitative estimate of drug-likeness (QED) is 0.879. The number of carbonyl (C=O) groups is 2. The van der Waals surface area contributed by atoms with Crippen LogP contribution in [0, 0.1) is 0 Å². The van der Waals surface area contributed by atoms with Gasteiger partial charge in [-0.05, 0) is 31.4 Å². The Kier molecular flexibility index (Phi) is 3.05. The molecule has 2 heterocycles. The van der Waals surface area contributed by atoms with Crippen molar-refractivity contribution in [1.29, 1.82) is 0 Å². The van der Waals surface area contributed by atoms with Gasteiger partial charge in [0.1, 0.15) is 10.4 Å². The number of nitrogens with zero attached hydrogens (tertiary/aromatic N) is 1. The first-order chi connectivity index (χ1) is 9.95. The van der Waals surface area contributed by atoms with Gasteiger partial charge in [-0.2, -0.15) is 0 Å². The molecule has 2 aliphatic heterocycles. The van der Waals surface area contributed by atoms with Crippen LogP contribution in [0.5, 0.6) is 0 Å². The predicted molar refractivity (Wildman–Crippen MR) is 75.1 cm³/mol. The lowest BCUT2D eigenvalue weighted by Gasteiger charge is -2.41. The van der Waals surface area contributed by atoms with Crippen molar-refractivity contribution < 1.29 is 18.0 Å². The van der Waals surface area contributed by atoms with Crippen LogP contribution in [0.25, 0.3) is 0 Å². The molecule has 0 saturated carbocycles. The Balaban J connectivity index is 2.20. The Morgan fingerprint density at radius 2 is 2.00 bits per heavy atom. The predicted octanol–water partition coefficient (Wildman–Crippen LogP) is 0.890. The summed E-state index contributed by atoms with van der Waals surface area (Å²) in [5.74, 6) is -0.995. The molecule has 0 spiro atoms. The van der Waals surface area contributed by atoms with Crippen molar-refractivity contribution in [3.63, 3.8) is 0 Å². The summed E-state index contributed by atoms with van der Waals surface area (Å²) in [6.45, 7) is 2.24. The third kappa shape index (κ3) is 1.73. The molecular formula is C14H16N2O4S. The van der Waals surface area contributed by atoms with E-state index >= 15 is 0 Å². The fourth-order valence-electron chi connectivity index (χ4n) is 3.15. The second-order valence-electron chi connectivity index (χ2n) is 5.32. The molecule has 1 fully saturated rings. The first-order valence-corrected chi connectivity index (χ1v) is 8.36. The van der Waals surface area contributed by atoms with Crippen molar-refractivity contribution in [2.75, 3.05) is 6.54 Å². The molecule has 3 rings (SSSR count). The van der Waals surface area contributed by atoms with Gasteiger partial charge in [0.25, 0.3) is 15.9 Å².